The second kappa shape index (κ2) is 7.20. The normalized spacial score (nSPS) is 25.4. The molecule has 1 fully saturated rings. The molecule has 90 valence electrons. The van der Waals surface area contributed by atoms with Crippen LogP contribution in [0, 0.1) is 0 Å². The van der Waals surface area contributed by atoms with Crippen LogP contribution in [0.15, 0.2) is 0 Å². The molecule has 3 nitrogen and oxygen atoms in total. The lowest BCUT2D eigenvalue weighted by Crippen LogP contribution is -2.44. The second-order valence-electron chi connectivity index (χ2n) is 4.50. The van der Waals surface area contributed by atoms with Crippen molar-refractivity contribution in [2.75, 3.05) is 33.4 Å². The molecule has 0 aromatic rings. The molecule has 1 rings (SSSR count). The Bertz CT molecular complexity index is 160. The Balaban J connectivity index is 2.12. The van der Waals surface area contributed by atoms with Crippen molar-refractivity contribution in [2.45, 2.75) is 45.2 Å². The highest BCUT2D eigenvalue weighted by atomic mass is 16.5. The molecule has 0 aliphatic carbocycles. The maximum atomic E-state index is 5.43. The van der Waals surface area contributed by atoms with Gasteiger partial charge in [0.25, 0.3) is 0 Å². The van der Waals surface area contributed by atoms with E-state index in [9.17, 15) is 0 Å². The van der Waals surface area contributed by atoms with E-state index in [0.717, 1.165) is 19.8 Å². The largest absolute Gasteiger partial charge is 0.379 e. The van der Waals surface area contributed by atoms with E-state index in [1.165, 1.54) is 25.8 Å². The molecule has 0 bridgehead atoms. The third-order valence-electron chi connectivity index (χ3n) is 3.40. The van der Waals surface area contributed by atoms with Crippen LogP contribution < -0.4 is 5.32 Å². The second-order valence-corrected chi connectivity index (χ2v) is 4.50. The SMILES string of the molecule is CCC(CCCN1CCOCC1C)NC. The summed E-state index contributed by atoms with van der Waals surface area (Å²) in [6, 6.07) is 1.30. The molecule has 0 saturated carbocycles. The van der Waals surface area contributed by atoms with Gasteiger partial charge >= 0.3 is 0 Å². The Morgan fingerprint density at radius 2 is 2.33 bits per heavy atom. The van der Waals surface area contributed by atoms with Crippen LogP contribution >= 0.6 is 0 Å². The van der Waals surface area contributed by atoms with Crippen LogP contribution in [0.3, 0.4) is 0 Å². The van der Waals surface area contributed by atoms with Gasteiger partial charge in [-0.1, -0.05) is 6.92 Å². The van der Waals surface area contributed by atoms with E-state index in [1.54, 1.807) is 0 Å². The van der Waals surface area contributed by atoms with Crippen molar-refractivity contribution < 1.29 is 4.74 Å². The zero-order chi connectivity index (χ0) is 11.1. The minimum atomic E-state index is 0.605. The van der Waals surface area contributed by atoms with Crippen LogP contribution in [-0.4, -0.2) is 50.3 Å². The summed E-state index contributed by atoms with van der Waals surface area (Å²) in [6.45, 7) is 8.66. The highest BCUT2D eigenvalue weighted by Crippen LogP contribution is 2.09. The Morgan fingerprint density at radius 3 is 2.93 bits per heavy atom. The molecule has 2 atom stereocenters. The third-order valence-corrected chi connectivity index (χ3v) is 3.40. The van der Waals surface area contributed by atoms with Gasteiger partial charge in [0.1, 0.15) is 0 Å². The topological polar surface area (TPSA) is 24.5 Å². The molecule has 3 heteroatoms. The number of rotatable bonds is 6. The average Bonchev–Trinajstić information content (AvgIpc) is 2.27. The Morgan fingerprint density at radius 1 is 1.53 bits per heavy atom. The number of nitrogens with one attached hydrogen (secondary N) is 1. The number of nitrogens with zero attached hydrogens (tertiary/aromatic N) is 1. The number of hydrogen-bond acceptors (Lipinski definition) is 3. The van der Waals surface area contributed by atoms with Crippen molar-refractivity contribution in [3.8, 4) is 0 Å². The molecule has 1 aliphatic rings. The maximum Gasteiger partial charge on any atom is 0.0619 e. The summed E-state index contributed by atoms with van der Waals surface area (Å²) in [5, 5.41) is 3.36. The van der Waals surface area contributed by atoms with Gasteiger partial charge < -0.3 is 10.1 Å². The van der Waals surface area contributed by atoms with Gasteiger partial charge in [-0.25, -0.2) is 0 Å². The van der Waals surface area contributed by atoms with E-state index in [0.29, 0.717) is 12.1 Å². The van der Waals surface area contributed by atoms with Crippen LogP contribution in [0.2, 0.25) is 0 Å². The van der Waals surface area contributed by atoms with E-state index in [4.69, 9.17) is 4.74 Å². The van der Waals surface area contributed by atoms with Crippen molar-refractivity contribution in [2.24, 2.45) is 0 Å². The molecule has 2 unspecified atom stereocenters. The smallest absolute Gasteiger partial charge is 0.0619 e. The Labute approximate surface area is 94.2 Å². The minimum absolute atomic E-state index is 0.605. The lowest BCUT2D eigenvalue weighted by atomic mass is 10.1. The van der Waals surface area contributed by atoms with Gasteiger partial charge in [-0.3, -0.25) is 4.90 Å². The molecule has 0 spiro atoms. The van der Waals surface area contributed by atoms with Crippen LogP contribution in [-0.2, 0) is 4.74 Å². The summed E-state index contributed by atoms with van der Waals surface area (Å²) in [4.78, 5) is 2.55. The lowest BCUT2D eigenvalue weighted by Gasteiger charge is -2.33. The van der Waals surface area contributed by atoms with Crippen LogP contribution in [0.4, 0.5) is 0 Å². The van der Waals surface area contributed by atoms with E-state index >= 15 is 0 Å². The molecule has 0 aromatic heterocycles. The van der Waals surface area contributed by atoms with E-state index in [2.05, 4.69) is 31.1 Å². The van der Waals surface area contributed by atoms with Crippen molar-refractivity contribution in [3.63, 3.8) is 0 Å². The monoisotopic (exact) mass is 214 g/mol. The molecule has 0 aromatic carbocycles. The molecular weight excluding hydrogens is 188 g/mol. The summed E-state index contributed by atoms with van der Waals surface area (Å²) in [7, 11) is 2.06. The zero-order valence-electron chi connectivity index (χ0n) is 10.5. The van der Waals surface area contributed by atoms with Crippen LogP contribution in [0.25, 0.3) is 0 Å². The third kappa shape index (κ3) is 4.49. The van der Waals surface area contributed by atoms with Gasteiger partial charge in [0.2, 0.25) is 0 Å². The van der Waals surface area contributed by atoms with E-state index in [-0.39, 0.29) is 0 Å². The van der Waals surface area contributed by atoms with Gasteiger partial charge in [-0.05, 0) is 39.8 Å². The van der Waals surface area contributed by atoms with Crippen molar-refractivity contribution in [1.29, 1.82) is 0 Å². The Kier molecular flexibility index (Phi) is 6.22. The molecule has 0 amide bonds. The summed E-state index contributed by atoms with van der Waals surface area (Å²) in [6.07, 6.45) is 3.82. The molecule has 1 aliphatic heterocycles. The Hall–Kier alpha value is -0.120. The van der Waals surface area contributed by atoms with Gasteiger partial charge in [0.15, 0.2) is 0 Å². The fourth-order valence-electron chi connectivity index (χ4n) is 2.19. The first-order valence-corrected chi connectivity index (χ1v) is 6.27. The minimum Gasteiger partial charge on any atom is -0.379 e. The quantitative estimate of drug-likeness (QED) is 0.725. The molecule has 1 saturated heterocycles. The highest BCUT2D eigenvalue weighted by Gasteiger charge is 2.18. The summed E-state index contributed by atoms with van der Waals surface area (Å²) in [5.41, 5.74) is 0. The first-order chi connectivity index (χ1) is 7.27. The van der Waals surface area contributed by atoms with Crippen molar-refractivity contribution in [1.82, 2.24) is 10.2 Å². The van der Waals surface area contributed by atoms with Gasteiger partial charge in [0, 0.05) is 18.6 Å². The number of morpholine rings is 1. The summed E-state index contributed by atoms with van der Waals surface area (Å²) >= 11 is 0. The lowest BCUT2D eigenvalue weighted by molar-refractivity contribution is -0.00112. The first kappa shape index (κ1) is 12.9. The van der Waals surface area contributed by atoms with Crippen molar-refractivity contribution >= 4 is 0 Å². The standard InChI is InChI=1S/C12H26N2O/c1-4-12(13-3)6-5-7-14-8-9-15-10-11(14)2/h11-13H,4-10H2,1-3H3. The molecule has 1 heterocycles. The van der Waals surface area contributed by atoms with Gasteiger partial charge in [0.05, 0.1) is 13.2 Å². The average molecular weight is 214 g/mol. The van der Waals surface area contributed by atoms with E-state index < -0.39 is 0 Å². The van der Waals surface area contributed by atoms with E-state index in [1.807, 2.05) is 0 Å². The molecular formula is C12H26N2O. The van der Waals surface area contributed by atoms with Gasteiger partial charge in [-0.15, -0.1) is 0 Å². The first-order valence-electron chi connectivity index (χ1n) is 6.27. The molecule has 0 radical (unpaired) electrons. The predicted octanol–water partition coefficient (Wildman–Crippen LogP) is 1.49. The van der Waals surface area contributed by atoms with Crippen molar-refractivity contribution in [3.05, 3.63) is 0 Å². The highest BCUT2D eigenvalue weighted by molar-refractivity contribution is 4.72. The predicted molar refractivity (Wildman–Crippen MR) is 64.2 cm³/mol. The fourth-order valence-corrected chi connectivity index (χ4v) is 2.19. The summed E-state index contributed by atoms with van der Waals surface area (Å²) in [5.74, 6) is 0. The summed E-state index contributed by atoms with van der Waals surface area (Å²) < 4.78 is 5.43. The number of ether oxygens (including phenoxy) is 1. The maximum absolute atomic E-state index is 5.43. The molecule has 15 heavy (non-hydrogen) atoms. The van der Waals surface area contributed by atoms with Crippen LogP contribution in [0.5, 0.6) is 0 Å². The van der Waals surface area contributed by atoms with Crippen LogP contribution in [0.1, 0.15) is 33.1 Å². The van der Waals surface area contributed by atoms with Gasteiger partial charge in [-0.2, -0.15) is 0 Å². The zero-order valence-corrected chi connectivity index (χ0v) is 10.5. The number of hydrogen-bond donors (Lipinski definition) is 1. The fraction of sp³-hybridized carbons (Fsp3) is 1.00. The molecule has 1 N–H and O–H groups in total.